The van der Waals surface area contributed by atoms with Crippen molar-refractivity contribution in [3.63, 3.8) is 0 Å². The molecule has 0 saturated heterocycles. The minimum Gasteiger partial charge on any atom is -0.454 e. The molecule has 4 heterocycles. The number of nitrogens with zero attached hydrogens (tertiary/aromatic N) is 3. The van der Waals surface area contributed by atoms with E-state index in [0.29, 0.717) is 5.82 Å². The van der Waals surface area contributed by atoms with Gasteiger partial charge < -0.3 is 8.98 Å². The predicted molar refractivity (Wildman–Crippen MR) is 248 cm³/mol. The Labute approximate surface area is 341 Å². The van der Waals surface area contributed by atoms with Crippen LogP contribution in [-0.2, 0) is 0 Å². The Hall–Kier alpha value is -7.60. The molecular weight excluding hydrogens is 739 g/mol. The van der Waals surface area contributed by atoms with Crippen molar-refractivity contribution in [1.82, 2.24) is 14.5 Å². The molecule has 0 spiro atoms. The van der Waals surface area contributed by atoms with Crippen molar-refractivity contribution in [2.75, 3.05) is 0 Å². The van der Waals surface area contributed by atoms with E-state index in [1.54, 1.807) is 11.3 Å². The van der Waals surface area contributed by atoms with E-state index in [-0.39, 0.29) is 0 Å². The Bertz CT molecular complexity index is 3860. The van der Waals surface area contributed by atoms with Gasteiger partial charge in [-0.1, -0.05) is 146 Å². The SMILES string of the molecule is c1ccc(-c2ccc3c(c2)c2c4ccccc4ccc2n3-c2cccc3c2oc2cccc(-c4nc(-c5ccc6ccccc6c5)c5sc6ccccc6c5n4)c23)cc1. The van der Waals surface area contributed by atoms with Gasteiger partial charge in [0.25, 0.3) is 0 Å². The fraction of sp³-hybridized carbons (Fsp3) is 0. The summed E-state index contributed by atoms with van der Waals surface area (Å²) in [5.41, 5.74) is 11.2. The number of fused-ring (bicyclic) bond motifs is 12. The topological polar surface area (TPSA) is 43.9 Å². The lowest BCUT2D eigenvalue weighted by Crippen LogP contribution is -1.95. The maximum atomic E-state index is 6.98. The summed E-state index contributed by atoms with van der Waals surface area (Å²) in [5.74, 6) is 0.680. The van der Waals surface area contributed by atoms with E-state index in [9.17, 15) is 0 Å². The van der Waals surface area contributed by atoms with Gasteiger partial charge >= 0.3 is 0 Å². The molecule has 0 atom stereocenters. The van der Waals surface area contributed by atoms with Gasteiger partial charge in [0.1, 0.15) is 5.58 Å². The average Bonchev–Trinajstić information content (AvgIpc) is 3.98. The maximum absolute atomic E-state index is 6.98. The monoisotopic (exact) mass is 769 g/mol. The van der Waals surface area contributed by atoms with Gasteiger partial charge in [0.05, 0.1) is 32.6 Å². The molecule has 4 nitrogen and oxygen atoms in total. The first kappa shape index (κ1) is 32.5. The van der Waals surface area contributed by atoms with Crippen LogP contribution in [0.25, 0.3) is 125 Å². The standard InChI is InChI=1S/C54H31N3OS/c1-2-12-32(13-3-1)36-27-28-43-42(31-36)48-38-17-7-6-15-34(38)26-29-44(48)57(43)45-21-10-19-40-49-41(20-11-22-46(49)58-52(40)45)54-55-50(37-25-24-33-14-4-5-16-35(33)30-37)53-51(56-54)39-18-8-9-23-47(39)59-53/h1-31H. The molecular formula is C54H31N3OS. The van der Waals surface area contributed by atoms with Gasteiger partial charge in [-0.15, -0.1) is 11.3 Å². The molecule has 9 aromatic carbocycles. The summed E-state index contributed by atoms with van der Waals surface area (Å²) in [6.45, 7) is 0. The van der Waals surface area contributed by atoms with E-state index >= 15 is 0 Å². The number of hydrogen-bond donors (Lipinski definition) is 0. The van der Waals surface area contributed by atoms with Crippen molar-refractivity contribution in [1.29, 1.82) is 0 Å². The Balaban J connectivity index is 1.08. The molecule has 0 aliphatic rings. The summed E-state index contributed by atoms with van der Waals surface area (Å²) in [7, 11) is 0. The highest BCUT2D eigenvalue weighted by molar-refractivity contribution is 7.26. The van der Waals surface area contributed by atoms with E-state index in [0.717, 1.165) is 71.1 Å². The highest BCUT2D eigenvalue weighted by atomic mass is 32.1. The smallest absolute Gasteiger partial charge is 0.161 e. The van der Waals surface area contributed by atoms with Crippen LogP contribution in [0.2, 0.25) is 0 Å². The van der Waals surface area contributed by atoms with Gasteiger partial charge in [-0.25, -0.2) is 9.97 Å². The van der Waals surface area contributed by atoms with Crippen LogP contribution in [0.15, 0.2) is 192 Å². The molecule has 0 N–H and O–H groups in total. The van der Waals surface area contributed by atoms with Crippen molar-refractivity contribution in [3.8, 4) is 39.5 Å². The number of hydrogen-bond acceptors (Lipinski definition) is 4. The van der Waals surface area contributed by atoms with Crippen molar-refractivity contribution in [2.45, 2.75) is 0 Å². The summed E-state index contributed by atoms with van der Waals surface area (Å²) in [6.07, 6.45) is 0. The molecule has 4 aromatic heterocycles. The molecule has 0 radical (unpaired) electrons. The quantitative estimate of drug-likeness (QED) is 0.179. The fourth-order valence-corrected chi connectivity index (χ4v) is 10.5. The molecule has 59 heavy (non-hydrogen) atoms. The summed E-state index contributed by atoms with van der Waals surface area (Å²) in [6, 6.07) is 67.1. The highest BCUT2D eigenvalue weighted by Gasteiger charge is 2.23. The van der Waals surface area contributed by atoms with Gasteiger partial charge in [0.2, 0.25) is 0 Å². The van der Waals surface area contributed by atoms with Gasteiger partial charge in [-0.2, -0.15) is 0 Å². The highest BCUT2D eigenvalue weighted by Crippen LogP contribution is 2.45. The van der Waals surface area contributed by atoms with Crippen LogP contribution in [0.5, 0.6) is 0 Å². The lowest BCUT2D eigenvalue weighted by molar-refractivity contribution is 0.666. The second-order valence-electron chi connectivity index (χ2n) is 15.3. The first-order valence-corrected chi connectivity index (χ1v) is 20.7. The van der Waals surface area contributed by atoms with Crippen molar-refractivity contribution >= 4 is 96.9 Å². The molecule has 0 bridgehead atoms. The second-order valence-corrected chi connectivity index (χ2v) is 16.3. The molecule has 0 fully saturated rings. The molecule has 0 amide bonds. The van der Waals surface area contributed by atoms with Crippen LogP contribution >= 0.6 is 11.3 Å². The third-order valence-corrected chi connectivity index (χ3v) is 13.2. The maximum Gasteiger partial charge on any atom is 0.161 e. The first-order valence-electron chi connectivity index (χ1n) is 19.9. The van der Waals surface area contributed by atoms with Crippen LogP contribution in [-0.4, -0.2) is 14.5 Å². The third kappa shape index (κ3) is 4.83. The summed E-state index contributed by atoms with van der Waals surface area (Å²) < 4.78 is 11.6. The average molecular weight is 770 g/mol. The first-order chi connectivity index (χ1) is 29.2. The fourth-order valence-electron chi connectivity index (χ4n) is 9.30. The number of para-hydroxylation sites is 1. The van der Waals surface area contributed by atoms with E-state index in [4.69, 9.17) is 14.4 Å². The van der Waals surface area contributed by atoms with Crippen LogP contribution in [0.3, 0.4) is 0 Å². The third-order valence-electron chi connectivity index (χ3n) is 12.0. The van der Waals surface area contributed by atoms with Crippen LogP contribution in [0, 0.1) is 0 Å². The zero-order valence-corrected chi connectivity index (χ0v) is 32.4. The summed E-state index contributed by atoms with van der Waals surface area (Å²) in [4.78, 5) is 10.8. The Morgan fingerprint density at radius 3 is 2.10 bits per heavy atom. The minimum atomic E-state index is 0.680. The largest absolute Gasteiger partial charge is 0.454 e. The Kier molecular flexibility index (Phi) is 6.85. The van der Waals surface area contributed by atoms with Crippen LogP contribution in [0.4, 0.5) is 0 Å². The lowest BCUT2D eigenvalue weighted by atomic mass is 10.0. The van der Waals surface area contributed by atoms with Crippen molar-refractivity contribution in [3.05, 3.63) is 188 Å². The predicted octanol–water partition coefficient (Wildman–Crippen LogP) is 15.1. The number of thiophene rings is 1. The molecule has 0 saturated carbocycles. The lowest BCUT2D eigenvalue weighted by Gasteiger charge is -2.10. The van der Waals surface area contributed by atoms with Crippen LogP contribution in [0.1, 0.15) is 0 Å². The number of rotatable bonds is 4. The van der Waals surface area contributed by atoms with Gasteiger partial charge in [0, 0.05) is 42.8 Å². The van der Waals surface area contributed by atoms with Gasteiger partial charge in [-0.05, 0) is 75.1 Å². The molecule has 0 aliphatic heterocycles. The Morgan fingerprint density at radius 1 is 0.458 bits per heavy atom. The molecule has 13 rings (SSSR count). The van der Waals surface area contributed by atoms with E-state index in [1.165, 1.54) is 48.1 Å². The second kappa shape index (κ2) is 12.4. The number of aromatic nitrogens is 3. The van der Waals surface area contributed by atoms with E-state index in [1.807, 2.05) is 0 Å². The molecule has 274 valence electrons. The van der Waals surface area contributed by atoms with Crippen molar-refractivity contribution < 1.29 is 4.42 Å². The molecule has 13 aromatic rings. The van der Waals surface area contributed by atoms with Gasteiger partial charge in [-0.3, -0.25) is 0 Å². The Morgan fingerprint density at radius 2 is 1.19 bits per heavy atom. The summed E-state index contributed by atoms with van der Waals surface area (Å²) in [5, 5.41) is 10.4. The van der Waals surface area contributed by atoms with Gasteiger partial charge in [0.15, 0.2) is 11.4 Å². The molecule has 0 unspecified atom stereocenters. The summed E-state index contributed by atoms with van der Waals surface area (Å²) >= 11 is 1.76. The molecule has 5 heteroatoms. The number of benzene rings is 9. The zero-order valence-electron chi connectivity index (χ0n) is 31.6. The zero-order chi connectivity index (χ0) is 38.6. The van der Waals surface area contributed by atoms with Crippen molar-refractivity contribution in [2.24, 2.45) is 0 Å². The normalized spacial score (nSPS) is 12.1. The molecule has 0 aliphatic carbocycles. The minimum absolute atomic E-state index is 0.680. The van der Waals surface area contributed by atoms with E-state index < -0.39 is 0 Å². The van der Waals surface area contributed by atoms with Crippen LogP contribution < -0.4 is 0 Å². The number of furan rings is 1. The van der Waals surface area contributed by atoms with E-state index in [2.05, 4.69) is 193 Å².